The second-order valence-electron chi connectivity index (χ2n) is 3.09. The molecule has 0 fully saturated rings. The Labute approximate surface area is 87.8 Å². The van der Waals surface area contributed by atoms with Crippen molar-refractivity contribution in [3.63, 3.8) is 0 Å². The van der Waals surface area contributed by atoms with Crippen molar-refractivity contribution in [2.45, 2.75) is 13.8 Å². The van der Waals surface area contributed by atoms with E-state index in [9.17, 15) is 0 Å². The molecule has 1 aromatic carbocycles. The topological polar surface area (TPSA) is 0 Å². The zero-order valence-corrected chi connectivity index (χ0v) is 9.58. The van der Waals surface area contributed by atoms with Crippen LogP contribution in [0.25, 0.3) is 6.08 Å². The third-order valence-electron chi connectivity index (χ3n) is 1.66. The maximum atomic E-state index is 2.40. The number of benzene rings is 1. The number of halogens is 1. The summed E-state index contributed by atoms with van der Waals surface area (Å²) >= 11 is 2.40. The van der Waals surface area contributed by atoms with E-state index >= 15 is 0 Å². The number of hydrogen-bond acceptors (Lipinski definition) is 0. The summed E-state index contributed by atoms with van der Waals surface area (Å²) in [6.07, 6.45) is 2.23. The van der Waals surface area contributed by atoms with Gasteiger partial charge in [0, 0.05) is 0 Å². The molecule has 0 bridgehead atoms. The fourth-order valence-corrected chi connectivity index (χ4v) is 1.23. The Morgan fingerprint density at radius 1 is 1.25 bits per heavy atom. The van der Waals surface area contributed by atoms with Gasteiger partial charge in [-0.3, -0.25) is 0 Å². The van der Waals surface area contributed by atoms with Crippen molar-refractivity contribution >= 4 is 28.7 Å². The van der Waals surface area contributed by atoms with Crippen molar-refractivity contribution < 1.29 is 0 Å². The van der Waals surface area contributed by atoms with Crippen LogP contribution >= 0.6 is 22.6 Å². The standard InChI is InChI=1S/C11H13I/c1-9(2)11(12)8-10-6-4-3-5-7-10/h3-9H,1-2H3. The molecule has 0 unspecified atom stereocenters. The molecule has 0 aromatic heterocycles. The molecule has 0 spiro atoms. The maximum absolute atomic E-state index is 2.40. The minimum absolute atomic E-state index is 0.630. The van der Waals surface area contributed by atoms with Gasteiger partial charge in [0.1, 0.15) is 0 Å². The molecule has 12 heavy (non-hydrogen) atoms. The lowest BCUT2D eigenvalue weighted by molar-refractivity contribution is 0.830. The van der Waals surface area contributed by atoms with E-state index < -0.39 is 0 Å². The van der Waals surface area contributed by atoms with Gasteiger partial charge >= 0.3 is 0 Å². The summed E-state index contributed by atoms with van der Waals surface area (Å²) < 4.78 is 1.40. The van der Waals surface area contributed by atoms with E-state index in [0.717, 1.165) is 0 Å². The Hall–Kier alpha value is -0.310. The molecule has 0 aliphatic heterocycles. The first-order valence-corrected chi connectivity index (χ1v) is 5.20. The monoisotopic (exact) mass is 272 g/mol. The lowest BCUT2D eigenvalue weighted by Gasteiger charge is -2.02. The smallest absolute Gasteiger partial charge is 0.00626 e. The van der Waals surface area contributed by atoms with Gasteiger partial charge in [-0.15, -0.1) is 0 Å². The quantitative estimate of drug-likeness (QED) is 0.710. The van der Waals surface area contributed by atoms with E-state index in [1.54, 1.807) is 0 Å². The first kappa shape index (κ1) is 9.78. The number of allylic oxidation sites excluding steroid dienone is 1. The van der Waals surface area contributed by atoms with Crippen molar-refractivity contribution in [3.05, 3.63) is 39.5 Å². The van der Waals surface area contributed by atoms with Gasteiger partial charge in [-0.1, -0.05) is 44.2 Å². The van der Waals surface area contributed by atoms with Gasteiger partial charge in [0.15, 0.2) is 0 Å². The molecule has 1 rings (SSSR count). The zero-order chi connectivity index (χ0) is 8.97. The highest BCUT2D eigenvalue weighted by molar-refractivity contribution is 14.1. The fourth-order valence-electron chi connectivity index (χ4n) is 0.875. The number of hydrogen-bond donors (Lipinski definition) is 0. The fraction of sp³-hybridized carbons (Fsp3) is 0.273. The molecule has 0 radical (unpaired) electrons. The van der Waals surface area contributed by atoms with E-state index in [2.05, 4.69) is 66.8 Å². The SMILES string of the molecule is CC(C)C(I)=Cc1ccccc1. The van der Waals surface area contributed by atoms with Crippen LogP contribution in [-0.2, 0) is 0 Å². The number of rotatable bonds is 2. The van der Waals surface area contributed by atoms with Gasteiger partial charge < -0.3 is 0 Å². The molecule has 0 atom stereocenters. The van der Waals surface area contributed by atoms with Crippen LogP contribution in [0.5, 0.6) is 0 Å². The van der Waals surface area contributed by atoms with E-state index in [1.165, 1.54) is 9.14 Å². The van der Waals surface area contributed by atoms with E-state index in [0.29, 0.717) is 5.92 Å². The molecule has 0 N–H and O–H groups in total. The minimum Gasteiger partial charge on any atom is -0.0622 e. The molecule has 0 heterocycles. The van der Waals surface area contributed by atoms with Crippen LogP contribution in [-0.4, -0.2) is 0 Å². The van der Waals surface area contributed by atoms with Crippen molar-refractivity contribution in [1.82, 2.24) is 0 Å². The lowest BCUT2D eigenvalue weighted by Crippen LogP contribution is -1.84. The van der Waals surface area contributed by atoms with Crippen LogP contribution in [0.4, 0.5) is 0 Å². The summed E-state index contributed by atoms with van der Waals surface area (Å²) in [5.41, 5.74) is 1.29. The van der Waals surface area contributed by atoms with Gasteiger partial charge in [-0.2, -0.15) is 0 Å². The second-order valence-corrected chi connectivity index (χ2v) is 4.34. The highest BCUT2D eigenvalue weighted by Gasteiger charge is 1.97. The van der Waals surface area contributed by atoms with Crippen molar-refractivity contribution in [3.8, 4) is 0 Å². The summed E-state index contributed by atoms with van der Waals surface area (Å²) in [6.45, 7) is 4.42. The van der Waals surface area contributed by atoms with Gasteiger partial charge in [0.2, 0.25) is 0 Å². The Kier molecular flexibility index (Phi) is 3.79. The summed E-state index contributed by atoms with van der Waals surface area (Å²) in [6, 6.07) is 10.4. The molecule has 1 heteroatoms. The zero-order valence-electron chi connectivity index (χ0n) is 7.42. The third-order valence-corrected chi connectivity index (χ3v) is 3.21. The first-order valence-electron chi connectivity index (χ1n) is 4.12. The normalized spacial score (nSPS) is 12.2. The van der Waals surface area contributed by atoms with Gasteiger partial charge in [-0.25, -0.2) is 0 Å². The predicted molar refractivity (Wildman–Crippen MR) is 63.3 cm³/mol. The summed E-state index contributed by atoms with van der Waals surface area (Å²) in [5, 5.41) is 0. The molecular formula is C11H13I. The van der Waals surface area contributed by atoms with Crippen molar-refractivity contribution in [2.75, 3.05) is 0 Å². The molecule has 0 saturated heterocycles. The van der Waals surface area contributed by atoms with Crippen LogP contribution in [0.1, 0.15) is 19.4 Å². The predicted octanol–water partition coefficient (Wildman–Crippen LogP) is 4.12. The van der Waals surface area contributed by atoms with Gasteiger partial charge in [0.05, 0.1) is 0 Å². The third kappa shape index (κ3) is 2.97. The summed E-state index contributed by atoms with van der Waals surface area (Å²) in [4.78, 5) is 0. The Balaban J connectivity index is 2.81. The second kappa shape index (κ2) is 4.65. The van der Waals surface area contributed by atoms with Crippen molar-refractivity contribution in [2.24, 2.45) is 5.92 Å². The molecule has 0 nitrogen and oxygen atoms in total. The molecule has 0 amide bonds. The largest absolute Gasteiger partial charge is 0.0622 e. The molecular weight excluding hydrogens is 259 g/mol. The van der Waals surface area contributed by atoms with Crippen LogP contribution < -0.4 is 0 Å². The van der Waals surface area contributed by atoms with Crippen LogP contribution in [0, 0.1) is 5.92 Å². The summed E-state index contributed by atoms with van der Waals surface area (Å²) in [5.74, 6) is 0.630. The molecule has 0 aliphatic carbocycles. The Morgan fingerprint density at radius 2 is 1.83 bits per heavy atom. The highest BCUT2D eigenvalue weighted by Crippen LogP contribution is 2.20. The Morgan fingerprint density at radius 3 is 2.33 bits per heavy atom. The highest BCUT2D eigenvalue weighted by atomic mass is 127. The average molecular weight is 272 g/mol. The Bertz CT molecular complexity index is 260. The summed E-state index contributed by atoms with van der Waals surface area (Å²) in [7, 11) is 0. The van der Waals surface area contributed by atoms with E-state index in [-0.39, 0.29) is 0 Å². The average Bonchev–Trinajstić information content (AvgIpc) is 2.06. The van der Waals surface area contributed by atoms with Gasteiger partial charge in [-0.05, 0) is 43.7 Å². The van der Waals surface area contributed by atoms with E-state index in [4.69, 9.17) is 0 Å². The molecule has 0 aliphatic rings. The van der Waals surface area contributed by atoms with Crippen LogP contribution in [0.3, 0.4) is 0 Å². The minimum atomic E-state index is 0.630. The molecule has 1 aromatic rings. The van der Waals surface area contributed by atoms with Gasteiger partial charge in [0.25, 0.3) is 0 Å². The molecule has 64 valence electrons. The van der Waals surface area contributed by atoms with E-state index in [1.807, 2.05) is 6.07 Å². The lowest BCUT2D eigenvalue weighted by atomic mass is 10.1. The van der Waals surface area contributed by atoms with Crippen molar-refractivity contribution in [1.29, 1.82) is 0 Å². The molecule has 0 saturated carbocycles. The first-order chi connectivity index (χ1) is 5.70. The van der Waals surface area contributed by atoms with Crippen LogP contribution in [0.2, 0.25) is 0 Å². The maximum Gasteiger partial charge on any atom is -0.00626 e. The van der Waals surface area contributed by atoms with Crippen LogP contribution in [0.15, 0.2) is 33.9 Å².